The fraction of sp³-hybridized carbons (Fsp3) is 0.111. The molecule has 80 valence electrons. The zero-order valence-electron chi connectivity index (χ0n) is 7.46. The van der Waals surface area contributed by atoms with Gasteiger partial charge in [0, 0.05) is 0 Å². The number of nitrogens with one attached hydrogen (secondary N) is 1. The number of carboxylic acid groups (broad SMARTS) is 1. The maximum Gasteiger partial charge on any atom is 0.312 e. The molecule has 0 radical (unpaired) electrons. The van der Waals surface area contributed by atoms with Crippen molar-refractivity contribution in [2.24, 2.45) is 0 Å². The maximum atomic E-state index is 13.0. The number of hydrogen-bond donors (Lipinski definition) is 2. The molecule has 0 spiro atoms. The first kappa shape index (κ1) is 11.9. The predicted molar refractivity (Wildman–Crippen MR) is 60.0 cm³/mol. The molecule has 0 unspecified atom stereocenters. The van der Waals surface area contributed by atoms with Crippen molar-refractivity contribution in [1.82, 2.24) is 0 Å². The SMILES string of the molecule is O=C(O)CC(=O)Nc1cccc(F)c1I. The van der Waals surface area contributed by atoms with Gasteiger partial charge in [0.05, 0.1) is 9.26 Å². The van der Waals surface area contributed by atoms with E-state index in [0.29, 0.717) is 0 Å². The van der Waals surface area contributed by atoms with Crippen LogP contribution in [0.3, 0.4) is 0 Å². The first-order valence-corrected chi connectivity index (χ1v) is 5.04. The van der Waals surface area contributed by atoms with Gasteiger partial charge >= 0.3 is 5.97 Å². The highest BCUT2D eigenvalue weighted by Gasteiger charge is 2.11. The number of carbonyl (C=O) groups is 2. The average Bonchev–Trinajstić information content (AvgIpc) is 2.11. The number of benzene rings is 1. The highest BCUT2D eigenvalue weighted by molar-refractivity contribution is 14.1. The van der Waals surface area contributed by atoms with Crippen LogP contribution >= 0.6 is 22.6 Å². The van der Waals surface area contributed by atoms with Crippen molar-refractivity contribution in [1.29, 1.82) is 0 Å². The Morgan fingerprint density at radius 3 is 2.73 bits per heavy atom. The number of carbonyl (C=O) groups excluding carboxylic acids is 1. The number of aliphatic carboxylic acids is 1. The molecule has 1 aromatic rings. The van der Waals surface area contributed by atoms with E-state index in [9.17, 15) is 14.0 Å². The van der Waals surface area contributed by atoms with Gasteiger partial charge in [-0.1, -0.05) is 6.07 Å². The van der Waals surface area contributed by atoms with E-state index in [1.54, 1.807) is 22.6 Å². The minimum atomic E-state index is -1.22. The second kappa shape index (κ2) is 5.06. The van der Waals surface area contributed by atoms with E-state index in [0.717, 1.165) is 0 Å². The second-order valence-corrected chi connectivity index (χ2v) is 3.80. The molecule has 2 N–H and O–H groups in total. The van der Waals surface area contributed by atoms with Crippen LogP contribution in [0.5, 0.6) is 0 Å². The van der Waals surface area contributed by atoms with Crippen molar-refractivity contribution in [3.05, 3.63) is 27.6 Å². The van der Waals surface area contributed by atoms with E-state index >= 15 is 0 Å². The minimum Gasteiger partial charge on any atom is -0.481 e. The first-order valence-electron chi connectivity index (χ1n) is 3.96. The Hall–Kier alpha value is -1.18. The Balaban J connectivity index is 2.77. The first-order chi connectivity index (χ1) is 7.00. The van der Waals surface area contributed by atoms with Crippen LogP contribution in [-0.4, -0.2) is 17.0 Å². The third kappa shape index (κ3) is 3.46. The third-order valence-electron chi connectivity index (χ3n) is 1.54. The summed E-state index contributed by atoms with van der Waals surface area (Å²) in [6.07, 6.45) is -0.632. The average molecular weight is 323 g/mol. The largest absolute Gasteiger partial charge is 0.481 e. The van der Waals surface area contributed by atoms with Gasteiger partial charge in [0.2, 0.25) is 5.91 Å². The van der Waals surface area contributed by atoms with Crippen molar-refractivity contribution < 1.29 is 19.1 Å². The van der Waals surface area contributed by atoms with E-state index in [1.165, 1.54) is 18.2 Å². The molecule has 0 atom stereocenters. The summed E-state index contributed by atoms with van der Waals surface area (Å²) in [7, 11) is 0. The molecule has 4 nitrogen and oxygen atoms in total. The highest BCUT2D eigenvalue weighted by atomic mass is 127. The summed E-state index contributed by atoms with van der Waals surface area (Å²) < 4.78 is 13.3. The molecule has 0 heterocycles. The lowest BCUT2D eigenvalue weighted by molar-refractivity contribution is -0.139. The molecule has 6 heteroatoms. The highest BCUT2D eigenvalue weighted by Crippen LogP contribution is 2.20. The molecule has 0 fully saturated rings. The van der Waals surface area contributed by atoms with E-state index in [2.05, 4.69) is 5.32 Å². The molecular weight excluding hydrogens is 316 g/mol. The van der Waals surface area contributed by atoms with Crippen LogP contribution in [-0.2, 0) is 9.59 Å². The van der Waals surface area contributed by atoms with Gasteiger partial charge in [-0.3, -0.25) is 9.59 Å². The fourth-order valence-electron chi connectivity index (χ4n) is 0.932. The van der Waals surface area contributed by atoms with Gasteiger partial charge < -0.3 is 10.4 Å². The van der Waals surface area contributed by atoms with E-state index in [-0.39, 0.29) is 9.26 Å². The lowest BCUT2D eigenvalue weighted by Crippen LogP contribution is -2.16. The number of carboxylic acids is 1. The molecule has 1 rings (SSSR count). The number of anilines is 1. The van der Waals surface area contributed by atoms with Gasteiger partial charge in [0.15, 0.2) is 0 Å². The van der Waals surface area contributed by atoms with Crippen LogP contribution in [0.25, 0.3) is 0 Å². The molecule has 0 bridgehead atoms. The zero-order chi connectivity index (χ0) is 11.4. The van der Waals surface area contributed by atoms with Crippen LogP contribution in [0, 0.1) is 9.39 Å². The van der Waals surface area contributed by atoms with E-state index < -0.39 is 24.1 Å². The monoisotopic (exact) mass is 323 g/mol. The summed E-state index contributed by atoms with van der Waals surface area (Å²) in [5.41, 5.74) is 0.279. The van der Waals surface area contributed by atoms with Crippen LogP contribution in [0.2, 0.25) is 0 Å². The van der Waals surface area contributed by atoms with Gasteiger partial charge in [-0.15, -0.1) is 0 Å². The van der Waals surface area contributed by atoms with Gasteiger partial charge in [-0.25, -0.2) is 4.39 Å². The van der Waals surface area contributed by atoms with Crippen LogP contribution < -0.4 is 5.32 Å². The fourth-order valence-corrected chi connectivity index (χ4v) is 1.43. The Morgan fingerprint density at radius 1 is 1.47 bits per heavy atom. The van der Waals surface area contributed by atoms with Gasteiger partial charge in [-0.05, 0) is 34.7 Å². The molecule has 0 saturated carbocycles. The number of hydrogen-bond acceptors (Lipinski definition) is 2. The van der Waals surface area contributed by atoms with Crippen LogP contribution in [0.15, 0.2) is 18.2 Å². The minimum absolute atomic E-state index is 0.258. The van der Waals surface area contributed by atoms with Crippen molar-refractivity contribution >= 4 is 40.2 Å². The van der Waals surface area contributed by atoms with Gasteiger partial charge in [0.25, 0.3) is 0 Å². The topological polar surface area (TPSA) is 66.4 Å². The summed E-state index contributed by atoms with van der Waals surface area (Å²) in [6.45, 7) is 0. The summed E-state index contributed by atoms with van der Waals surface area (Å²) in [5.74, 6) is -2.35. The number of halogens is 2. The molecule has 15 heavy (non-hydrogen) atoms. The Morgan fingerprint density at radius 2 is 2.13 bits per heavy atom. The molecule has 0 aromatic heterocycles. The molecule has 1 aromatic carbocycles. The Bertz CT molecular complexity index is 408. The van der Waals surface area contributed by atoms with Crippen LogP contribution in [0.4, 0.5) is 10.1 Å². The molecule has 0 saturated heterocycles. The Kier molecular flexibility index (Phi) is 4.01. The van der Waals surface area contributed by atoms with Crippen molar-refractivity contribution in [2.45, 2.75) is 6.42 Å². The predicted octanol–water partition coefficient (Wildman–Crippen LogP) is 1.84. The molecule has 1 amide bonds. The second-order valence-electron chi connectivity index (χ2n) is 2.72. The zero-order valence-corrected chi connectivity index (χ0v) is 9.62. The van der Waals surface area contributed by atoms with Gasteiger partial charge in [0.1, 0.15) is 12.2 Å². The van der Waals surface area contributed by atoms with Crippen molar-refractivity contribution in [3.63, 3.8) is 0 Å². The smallest absolute Gasteiger partial charge is 0.312 e. The number of amides is 1. The van der Waals surface area contributed by atoms with Crippen LogP contribution in [0.1, 0.15) is 6.42 Å². The van der Waals surface area contributed by atoms with Crippen molar-refractivity contribution in [3.8, 4) is 0 Å². The molecular formula is C9H7FINO3. The Labute approximate surface area is 98.6 Å². The lowest BCUT2D eigenvalue weighted by atomic mass is 10.3. The summed E-state index contributed by atoms with van der Waals surface area (Å²) in [6, 6.07) is 4.20. The standard InChI is InChI=1S/C9H7FINO3/c10-5-2-1-3-6(9(5)11)12-7(13)4-8(14)15/h1-3H,4H2,(H,12,13)(H,14,15). The summed E-state index contributed by atoms with van der Waals surface area (Å²) in [4.78, 5) is 21.3. The van der Waals surface area contributed by atoms with E-state index in [4.69, 9.17) is 5.11 Å². The van der Waals surface area contributed by atoms with Crippen molar-refractivity contribution in [2.75, 3.05) is 5.32 Å². The molecule has 0 aliphatic heterocycles. The number of rotatable bonds is 3. The van der Waals surface area contributed by atoms with E-state index in [1.807, 2.05) is 0 Å². The molecule has 0 aliphatic rings. The molecule has 0 aliphatic carbocycles. The maximum absolute atomic E-state index is 13.0. The lowest BCUT2D eigenvalue weighted by Gasteiger charge is -2.06. The van der Waals surface area contributed by atoms with Gasteiger partial charge in [-0.2, -0.15) is 0 Å². The summed E-state index contributed by atoms with van der Waals surface area (Å²) in [5, 5.41) is 10.7. The normalized spacial score (nSPS) is 9.73. The summed E-state index contributed by atoms with van der Waals surface area (Å²) >= 11 is 1.73. The third-order valence-corrected chi connectivity index (χ3v) is 2.63. The quantitative estimate of drug-likeness (QED) is 0.659.